The number of benzene rings is 1. The Kier molecular flexibility index (Phi) is 5.51. The number of hydrogen-bond donors (Lipinski definition) is 2. The number of carbonyl (C=O) groups excluding carboxylic acids is 1. The molecule has 2 saturated carbocycles. The number of hydrogen-bond acceptors (Lipinski definition) is 2. The maximum Gasteiger partial charge on any atom is 0.239 e. The normalized spacial score (nSPS) is 27.8. The first-order chi connectivity index (χ1) is 9.72. The van der Waals surface area contributed by atoms with Crippen molar-refractivity contribution >= 4 is 24.0 Å². The van der Waals surface area contributed by atoms with Crippen LogP contribution < -0.4 is 10.6 Å². The summed E-state index contributed by atoms with van der Waals surface area (Å²) in [7, 11) is 0. The summed E-state index contributed by atoms with van der Waals surface area (Å²) in [5.41, 5.74) is 0.996. The molecule has 0 aliphatic heterocycles. The highest BCUT2D eigenvalue weighted by atomic mass is 35.5. The molecule has 21 heavy (non-hydrogen) atoms. The van der Waals surface area contributed by atoms with E-state index in [0.717, 1.165) is 17.5 Å². The van der Waals surface area contributed by atoms with E-state index in [2.05, 4.69) is 17.6 Å². The second kappa shape index (κ2) is 7.17. The van der Waals surface area contributed by atoms with E-state index in [1.807, 2.05) is 30.3 Å². The highest BCUT2D eigenvalue weighted by Gasteiger charge is 2.41. The van der Waals surface area contributed by atoms with Crippen molar-refractivity contribution in [2.24, 2.45) is 17.8 Å². The summed E-state index contributed by atoms with van der Waals surface area (Å²) < 4.78 is 0. The Bertz CT molecular complexity index is 465. The summed E-state index contributed by atoms with van der Waals surface area (Å²) in [6.45, 7) is 2.53. The molecule has 0 spiro atoms. The van der Waals surface area contributed by atoms with Crippen LogP contribution in [0.5, 0.6) is 0 Å². The largest absolute Gasteiger partial charge is 0.376 e. The SMILES string of the molecule is CC(NC(=O)CNc1ccccc1)C1CC2CCC1C2.Cl. The Labute approximate surface area is 133 Å². The fourth-order valence-corrected chi connectivity index (χ4v) is 4.06. The zero-order valence-corrected chi connectivity index (χ0v) is 13.4. The lowest BCUT2D eigenvalue weighted by atomic mass is 9.84. The summed E-state index contributed by atoms with van der Waals surface area (Å²) in [5.74, 6) is 2.60. The molecule has 2 fully saturated rings. The van der Waals surface area contributed by atoms with E-state index in [1.54, 1.807) is 0 Å². The lowest BCUT2D eigenvalue weighted by molar-refractivity contribution is -0.120. The van der Waals surface area contributed by atoms with Gasteiger partial charge in [0.2, 0.25) is 5.91 Å². The molecular formula is C17H25ClN2O. The van der Waals surface area contributed by atoms with Crippen LogP contribution in [-0.2, 0) is 4.79 Å². The molecule has 0 heterocycles. The topological polar surface area (TPSA) is 41.1 Å². The molecule has 2 bridgehead atoms. The zero-order valence-electron chi connectivity index (χ0n) is 12.5. The summed E-state index contributed by atoms with van der Waals surface area (Å²) in [6.07, 6.45) is 5.50. The van der Waals surface area contributed by atoms with Crippen molar-refractivity contribution in [2.75, 3.05) is 11.9 Å². The van der Waals surface area contributed by atoms with E-state index < -0.39 is 0 Å². The Morgan fingerprint density at radius 3 is 2.62 bits per heavy atom. The van der Waals surface area contributed by atoms with Crippen LogP contribution >= 0.6 is 12.4 Å². The number of rotatable bonds is 5. The first-order valence-corrected chi connectivity index (χ1v) is 7.80. The summed E-state index contributed by atoms with van der Waals surface area (Å²) in [5, 5.41) is 6.34. The van der Waals surface area contributed by atoms with Crippen LogP contribution in [0.15, 0.2) is 30.3 Å². The van der Waals surface area contributed by atoms with E-state index in [-0.39, 0.29) is 18.3 Å². The summed E-state index contributed by atoms with van der Waals surface area (Å²) >= 11 is 0. The highest BCUT2D eigenvalue weighted by Crippen LogP contribution is 2.49. The van der Waals surface area contributed by atoms with Gasteiger partial charge in [-0.3, -0.25) is 4.79 Å². The van der Waals surface area contributed by atoms with Gasteiger partial charge < -0.3 is 10.6 Å². The van der Waals surface area contributed by atoms with E-state index in [0.29, 0.717) is 18.5 Å². The predicted octanol–water partition coefficient (Wildman–Crippen LogP) is 3.46. The molecule has 2 N–H and O–H groups in total. The minimum Gasteiger partial charge on any atom is -0.376 e. The van der Waals surface area contributed by atoms with Crippen LogP contribution in [0.3, 0.4) is 0 Å². The predicted molar refractivity (Wildman–Crippen MR) is 88.7 cm³/mol. The fourth-order valence-electron chi connectivity index (χ4n) is 4.06. The van der Waals surface area contributed by atoms with Gasteiger partial charge in [0.15, 0.2) is 0 Å². The molecule has 0 radical (unpaired) electrons. The van der Waals surface area contributed by atoms with Gasteiger partial charge in [-0.2, -0.15) is 0 Å². The van der Waals surface area contributed by atoms with E-state index in [9.17, 15) is 4.79 Å². The average Bonchev–Trinajstić information content (AvgIpc) is 3.09. The van der Waals surface area contributed by atoms with Crippen molar-refractivity contribution in [1.82, 2.24) is 5.32 Å². The van der Waals surface area contributed by atoms with Gasteiger partial charge in [0.25, 0.3) is 0 Å². The minimum atomic E-state index is 0. The van der Waals surface area contributed by atoms with Crippen molar-refractivity contribution in [3.8, 4) is 0 Å². The van der Waals surface area contributed by atoms with Gasteiger partial charge in [0.05, 0.1) is 6.54 Å². The quantitative estimate of drug-likeness (QED) is 0.874. The maximum atomic E-state index is 12.0. The van der Waals surface area contributed by atoms with Crippen LogP contribution in [0, 0.1) is 17.8 Å². The van der Waals surface area contributed by atoms with Gasteiger partial charge >= 0.3 is 0 Å². The number of para-hydroxylation sites is 1. The van der Waals surface area contributed by atoms with Crippen molar-refractivity contribution < 1.29 is 4.79 Å². The third-order valence-corrected chi connectivity index (χ3v) is 5.05. The van der Waals surface area contributed by atoms with Gasteiger partial charge in [-0.25, -0.2) is 0 Å². The molecule has 3 rings (SSSR count). The van der Waals surface area contributed by atoms with Gasteiger partial charge in [0, 0.05) is 11.7 Å². The van der Waals surface area contributed by atoms with E-state index >= 15 is 0 Å². The van der Waals surface area contributed by atoms with Gasteiger partial charge in [0.1, 0.15) is 0 Å². The Hall–Kier alpha value is -1.22. The van der Waals surface area contributed by atoms with Crippen molar-refractivity contribution in [3.63, 3.8) is 0 Å². The first kappa shape index (κ1) is 16.2. The second-order valence-corrected chi connectivity index (χ2v) is 6.41. The fraction of sp³-hybridized carbons (Fsp3) is 0.588. The minimum absolute atomic E-state index is 0. The lowest BCUT2D eigenvalue weighted by Crippen LogP contribution is -2.42. The first-order valence-electron chi connectivity index (χ1n) is 7.80. The summed E-state index contributed by atoms with van der Waals surface area (Å²) in [6, 6.07) is 10.2. The molecule has 2 aliphatic carbocycles. The molecule has 1 aromatic rings. The molecule has 0 saturated heterocycles. The molecule has 4 unspecified atom stereocenters. The maximum absolute atomic E-state index is 12.0. The third-order valence-electron chi connectivity index (χ3n) is 5.05. The molecule has 116 valence electrons. The van der Waals surface area contributed by atoms with Crippen molar-refractivity contribution in [3.05, 3.63) is 30.3 Å². The molecule has 2 aliphatic rings. The smallest absolute Gasteiger partial charge is 0.239 e. The van der Waals surface area contributed by atoms with Crippen LogP contribution in [0.1, 0.15) is 32.6 Å². The molecule has 1 aromatic carbocycles. The number of fused-ring (bicyclic) bond motifs is 2. The van der Waals surface area contributed by atoms with E-state index in [4.69, 9.17) is 0 Å². The van der Waals surface area contributed by atoms with Crippen LogP contribution in [0.25, 0.3) is 0 Å². The Morgan fingerprint density at radius 2 is 2.00 bits per heavy atom. The van der Waals surface area contributed by atoms with Gasteiger partial charge in [-0.15, -0.1) is 12.4 Å². The number of carbonyl (C=O) groups is 1. The van der Waals surface area contributed by atoms with Crippen LogP contribution in [0.2, 0.25) is 0 Å². The standard InChI is InChI=1S/C17H24N2O.ClH/c1-12(16-10-13-7-8-14(16)9-13)19-17(20)11-18-15-5-3-2-4-6-15;/h2-6,12-14,16,18H,7-11H2,1H3,(H,19,20);1H. The van der Waals surface area contributed by atoms with E-state index in [1.165, 1.54) is 25.7 Å². The number of nitrogens with one attached hydrogen (secondary N) is 2. The number of halogens is 1. The number of amides is 1. The average molecular weight is 309 g/mol. The Morgan fingerprint density at radius 1 is 1.24 bits per heavy atom. The van der Waals surface area contributed by atoms with Gasteiger partial charge in [-0.1, -0.05) is 24.6 Å². The molecule has 0 aromatic heterocycles. The number of anilines is 1. The van der Waals surface area contributed by atoms with Gasteiger partial charge in [-0.05, 0) is 56.1 Å². The van der Waals surface area contributed by atoms with Crippen LogP contribution in [-0.4, -0.2) is 18.5 Å². The molecule has 4 atom stereocenters. The molecule has 4 heteroatoms. The Balaban J connectivity index is 0.00000161. The molecule has 1 amide bonds. The van der Waals surface area contributed by atoms with Crippen molar-refractivity contribution in [1.29, 1.82) is 0 Å². The third kappa shape index (κ3) is 3.91. The monoisotopic (exact) mass is 308 g/mol. The molecular weight excluding hydrogens is 284 g/mol. The molecule has 3 nitrogen and oxygen atoms in total. The van der Waals surface area contributed by atoms with Crippen molar-refractivity contribution in [2.45, 2.75) is 38.6 Å². The second-order valence-electron chi connectivity index (χ2n) is 6.41. The van der Waals surface area contributed by atoms with Crippen LogP contribution in [0.4, 0.5) is 5.69 Å². The zero-order chi connectivity index (χ0) is 13.9. The summed E-state index contributed by atoms with van der Waals surface area (Å²) in [4.78, 5) is 12.0. The lowest BCUT2D eigenvalue weighted by Gasteiger charge is -2.28. The highest BCUT2D eigenvalue weighted by molar-refractivity contribution is 5.85.